The number of amides is 1. The molecule has 160 valence electrons. The summed E-state index contributed by atoms with van der Waals surface area (Å²) in [7, 11) is 0. The maximum atomic E-state index is 12.3. The van der Waals surface area contributed by atoms with Gasteiger partial charge in [-0.25, -0.2) is 4.79 Å². The largest absolute Gasteiger partial charge is 0.444 e. The summed E-state index contributed by atoms with van der Waals surface area (Å²) in [4.78, 5) is 12.3. The molecule has 0 aromatic heterocycles. The summed E-state index contributed by atoms with van der Waals surface area (Å²) in [6.07, 6.45) is 0.242. The number of hydrogen-bond donors (Lipinski definition) is 3. The van der Waals surface area contributed by atoms with Crippen LogP contribution in [0.5, 0.6) is 0 Å². The van der Waals surface area contributed by atoms with Crippen LogP contribution >= 0.6 is 0 Å². The van der Waals surface area contributed by atoms with Crippen molar-refractivity contribution in [1.82, 2.24) is 10.6 Å². The Morgan fingerprint density at radius 1 is 1.04 bits per heavy atom. The molecule has 0 aliphatic heterocycles. The number of alkyl carbamates (subject to hydrolysis) is 1. The summed E-state index contributed by atoms with van der Waals surface area (Å²) < 4.78 is 5.39. The summed E-state index contributed by atoms with van der Waals surface area (Å²) in [5.74, 6) is 0. The molecule has 0 fully saturated rings. The fourth-order valence-electron chi connectivity index (χ4n) is 3.52. The van der Waals surface area contributed by atoms with Gasteiger partial charge < -0.3 is 20.5 Å². The van der Waals surface area contributed by atoms with Crippen molar-refractivity contribution in [3.05, 3.63) is 35.9 Å². The molecule has 0 aliphatic carbocycles. The molecule has 0 bridgehead atoms. The lowest BCUT2D eigenvalue weighted by molar-refractivity contribution is 0.0413. The number of aliphatic hydroxyl groups excluding tert-OH is 1. The highest BCUT2D eigenvalue weighted by atomic mass is 16.6. The van der Waals surface area contributed by atoms with Gasteiger partial charge in [-0.05, 0) is 58.4 Å². The van der Waals surface area contributed by atoms with Gasteiger partial charge >= 0.3 is 6.09 Å². The van der Waals surface area contributed by atoms with Crippen LogP contribution in [0.3, 0.4) is 0 Å². The quantitative estimate of drug-likeness (QED) is 0.617. The van der Waals surface area contributed by atoms with Gasteiger partial charge in [-0.15, -0.1) is 0 Å². The van der Waals surface area contributed by atoms with E-state index >= 15 is 0 Å². The predicted octanol–water partition coefficient (Wildman–Crippen LogP) is 4.29. The molecule has 28 heavy (non-hydrogen) atoms. The second kappa shape index (κ2) is 9.75. The Bertz CT molecular complexity index is 601. The van der Waals surface area contributed by atoms with Crippen LogP contribution in [-0.2, 0) is 11.2 Å². The fraction of sp³-hybridized carbons (Fsp3) is 0.696. The monoisotopic (exact) mass is 392 g/mol. The van der Waals surface area contributed by atoms with E-state index in [4.69, 9.17) is 4.74 Å². The van der Waals surface area contributed by atoms with Gasteiger partial charge in [0, 0.05) is 12.1 Å². The molecular weight excluding hydrogens is 352 g/mol. The second-order valence-electron chi connectivity index (χ2n) is 10.5. The minimum absolute atomic E-state index is 0.123. The molecule has 0 heterocycles. The minimum Gasteiger partial charge on any atom is -0.444 e. The van der Waals surface area contributed by atoms with Crippen LogP contribution in [0.25, 0.3) is 0 Å². The lowest BCUT2D eigenvalue weighted by atomic mass is 9.81. The first-order chi connectivity index (χ1) is 12.7. The number of aliphatic hydroxyl groups is 1. The highest BCUT2D eigenvalue weighted by Gasteiger charge is 2.29. The standard InChI is InChI=1S/C23H40N2O3/c1-21(2,3)16-23(7,8)24-15-19(26)18(14-17-12-10-9-11-13-17)25-20(27)28-22(4,5)6/h9-13,18-19,24,26H,14-16H2,1-8H3,(H,25,27)/t18-,19+/m0/s1. The van der Waals surface area contributed by atoms with Crippen molar-refractivity contribution in [3.8, 4) is 0 Å². The fourth-order valence-corrected chi connectivity index (χ4v) is 3.52. The molecule has 1 rings (SSSR count). The normalized spacial score (nSPS) is 15.0. The Balaban J connectivity index is 2.80. The van der Waals surface area contributed by atoms with Gasteiger partial charge in [-0.1, -0.05) is 51.1 Å². The predicted molar refractivity (Wildman–Crippen MR) is 115 cm³/mol. The molecule has 3 N–H and O–H groups in total. The average Bonchev–Trinajstić information content (AvgIpc) is 2.49. The topological polar surface area (TPSA) is 70.6 Å². The van der Waals surface area contributed by atoms with E-state index in [0.29, 0.717) is 13.0 Å². The third-order valence-electron chi connectivity index (χ3n) is 4.23. The Morgan fingerprint density at radius 3 is 2.11 bits per heavy atom. The molecule has 0 radical (unpaired) electrons. The molecule has 0 unspecified atom stereocenters. The zero-order valence-corrected chi connectivity index (χ0v) is 18.9. The van der Waals surface area contributed by atoms with Gasteiger partial charge in [-0.2, -0.15) is 0 Å². The Labute approximate surface area is 171 Å². The molecule has 5 nitrogen and oxygen atoms in total. The number of carbonyl (C=O) groups is 1. The first-order valence-electron chi connectivity index (χ1n) is 10.1. The number of β-amino-alcohol motifs (C(OH)–C–C–N with tert-alkyl or cyclic N) is 1. The smallest absolute Gasteiger partial charge is 0.407 e. The van der Waals surface area contributed by atoms with Gasteiger partial charge in [0.2, 0.25) is 0 Å². The summed E-state index contributed by atoms with van der Waals surface area (Å²) in [6, 6.07) is 9.40. The molecule has 0 saturated carbocycles. The summed E-state index contributed by atoms with van der Waals surface area (Å²) >= 11 is 0. The van der Waals surface area contributed by atoms with E-state index in [1.54, 1.807) is 0 Å². The molecule has 1 aromatic carbocycles. The summed E-state index contributed by atoms with van der Waals surface area (Å²) in [5.41, 5.74) is 0.526. The van der Waals surface area contributed by atoms with E-state index in [1.165, 1.54) is 0 Å². The number of ether oxygens (including phenoxy) is 1. The van der Waals surface area contributed by atoms with Gasteiger partial charge in [0.05, 0.1) is 12.1 Å². The van der Waals surface area contributed by atoms with Gasteiger partial charge in [-0.3, -0.25) is 0 Å². The van der Waals surface area contributed by atoms with Crippen molar-refractivity contribution in [2.24, 2.45) is 5.41 Å². The maximum Gasteiger partial charge on any atom is 0.407 e. The van der Waals surface area contributed by atoms with Crippen LogP contribution in [-0.4, -0.2) is 41.0 Å². The Morgan fingerprint density at radius 2 is 1.61 bits per heavy atom. The Kier molecular flexibility index (Phi) is 8.51. The molecule has 2 atom stereocenters. The highest BCUT2D eigenvalue weighted by molar-refractivity contribution is 5.68. The van der Waals surface area contributed by atoms with Crippen LogP contribution in [0.15, 0.2) is 30.3 Å². The third kappa shape index (κ3) is 10.7. The number of nitrogens with one attached hydrogen (secondary N) is 2. The molecule has 0 saturated heterocycles. The number of rotatable bonds is 8. The number of hydrogen-bond acceptors (Lipinski definition) is 4. The second-order valence-corrected chi connectivity index (χ2v) is 10.5. The van der Waals surface area contributed by atoms with Gasteiger partial charge in [0.15, 0.2) is 0 Å². The van der Waals surface area contributed by atoms with E-state index in [1.807, 2.05) is 51.1 Å². The maximum absolute atomic E-state index is 12.3. The third-order valence-corrected chi connectivity index (χ3v) is 4.23. The van der Waals surface area contributed by atoms with E-state index in [-0.39, 0.29) is 11.0 Å². The van der Waals surface area contributed by atoms with Crippen molar-refractivity contribution in [1.29, 1.82) is 0 Å². The first-order valence-corrected chi connectivity index (χ1v) is 10.1. The van der Waals surface area contributed by atoms with Crippen molar-refractivity contribution >= 4 is 6.09 Å². The van der Waals surface area contributed by atoms with Gasteiger partial charge in [0.25, 0.3) is 0 Å². The minimum atomic E-state index is -0.744. The van der Waals surface area contributed by atoms with Crippen LogP contribution in [0.2, 0.25) is 0 Å². The average molecular weight is 393 g/mol. The summed E-state index contributed by atoms with van der Waals surface area (Å²) in [5, 5.41) is 17.2. The van der Waals surface area contributed by atoms with E-state index in [0.717, 1.165) is 12.0 Å². The molecule has 1 aromatic rings. The van der Waals surface area contributed by atoms with Crippen LogP contribution < -0.4 is 10.6 Å². The van der Waals surface area contributed by atoms with Gasteiger partial charge in [0.1, 0.15) is 5.60 Å². The lowest BCUT2D eigenvalue weighted by Gasteiger charge is -2.35. The van der Waals surface area contributed by atoms with Crippen molar-refractivity contribution < 1.29 is 14.6 Å². The highest BCUT2D eigenvalue weighted by Crippen LogP contribution is 2.26. The molecular formula is C23H40N2O3. The molecule has 0 spiro atoms. The first kappa shape index (κ1) is 24.4. The van der Waals surface area contributed by atoms with Crippen LogP contribution in [0.4, 0.5) is 4.79 Å². The van der Waals surface area contributed by atoms with E-state index in [9.17, 15) is 9.90 Å². The van der Waals surface area contributed by atoms with Crippen LogP contribution in [0.1, 0.15) is 67.4 Å². The zero-order chi connectivity index (χ0) is 21.6. The molecule has 0 aliphatic rings. The van der Waals surface area contributed by atoms with E-state index < -0.39 is 23.8 Å². The number of benzene rings is 1. The SMILES string of the molecule is CC(C)(C)CC(C)(C)NC[C@@H](O)[C@H](Cc1ccccc1)NC(=O)OC(C)(C)C. The van der Waals surface area contributed by atoms with Crippen molar-refractivity contribution in [2.45, 2.75) is 91.5 Å². The van der Waals surface area contributed by atoms with Crippen molar-refractivity contribution in [2.75, 3.05) is 6.54 Å². The van der Waals surface area contributed by atoms with Crippen molar-refractivity contribution in [3.63, 3.8) is 0 Å². The van der Waals surface area contributed by atoms with E-state index in [2.05, 4.69) is 45.3 Å². The molecule has 5 heteroatoms. The number of carbonyl (C=O) groups excluding carboxylic acids is 1. The molecule has 1 amide bonds. The Hall–Kier alpha value is -1.59. The zero-order valence-electron chi connectivity index (χ0n) is 18.9. The van der Waals surface area contributed by atoms with Crippen LogP contribution in [0, 0.1) is 5.41 Å². The summed E-state index contributed by atoms with van der Waals surface area (Å²) in [6.45, 7) is 16.7. The lowest BCUT2D eigenvalue weighted by Crippen LogP contribution is -2.53.